The number of hydrogen-bond donors (Lipinski definition) is 2. The Balaban J connectivity index is 1.71. The number of carbonyl (C=O) groups excluding carboxylic acids is 2. The van der Waals surface area contributed by atoms with Crippen LogP contribution in [0.3, 0.4) is 0 Å². The van der Waals surface area contributed by atoms with Crippen LogP contribution in [0.15, 0.2) is 48.5 Å². The largest absolute Gasteiger partial charge is 0.372 e. The summed E-state index contributed by atoms with van der Waals surface area (Å²) in [4.78, 5) is 26.2. The zero-order valence-corrected chi connectivity index (χ0v) is 14.0. The standard InChI is InChI=1S/C18H16ClFN2O3/c19-14-8-4-5-12(15(14)20)11-21-16(23)18(25)9-10-22(17(18)24)13-6-2-1-3-7-13/h1-8,25H,9-11H2,(H,21,23)/t18-/m0/s1. The fraction of sp³-hybridized carbons (Fsp3) is 0.222. The van der Waals surface area contributed by atoms with E-state index in [1.165, 1.54) is 17.0 Å². The summed E-state index contributed by atoms with van der Waals surface area (Å²) in [5.74, 6) is -2.18. The fourth-order valence-corrected chi connectivity index (χ4v) is 2.97. The first kappa shape index (κ1) is 17.4. The monoisotopic (exact) mass is 362 g/mol. The van der Waals surface area contributed by atoms with Crippen molar-refractivity contribution >= 4 is 29.1 Å². The van der Waals surface area contributed by atoms with Crippen molar-refractivity contribution in [3.05, 3.63) is 64.9 Å². The highest BCUT2D eigenvalue weighted by Gasteiger charge is 2.51. The number of anilines is 1. The maximum absolute atomic E-state index is 13.9. The second-order valence-electron chi connectivity index (χ2n) is 5.80. The quantitative estimate of drug-likeness (QED) is 0.820. The molecular formula is C18H16ClFN2O3. The Morgan fingerprint density at radius 3 is 2.68 bits per heavy atom. The number of aliphatic hydroxyl groups is 1. The van der Waals surface area contributed by atoms with Crippen LogP contribution in [0.4, 0.5) is 10.1 Å². The maximum atomic E-state index is 13.9. The molecule has 1 atom stereocenters. The first-order chi connectivity index (χ1) is 11.9. The van der Waals surface area contributed by atoms with E-state index in [0.29, 0.717) is 5.69 Å². The van der Waals surface area contributed by atoms with E-state index in [-0.39, 0.29) is 30.1 Å². The van der Waals surface area contributed by atoms with E-state index in [9.17, 15) is 19.1 Å². The number of nitrogens with one attached hydrogen (secondary N) is 1. The van der Waals surface area contributed by atoms with Gasteiger partial charge in [-0.25, -0.2) is 4.39 Å². The summed E-state index contributed by atoms with van der Waals surface area (Å²) < 4.78 is 13.9. The minimum Gasteiger partial charge on any atom is -0.372 e. The molecule has 2 aromatic carbocycles. The van der Waals surface area contributed by atoms with Gasteiger partial charge in [0, 0.05) is 30.8 Å². The van der Waals surface area contributed by atoms with Gasteiger partial charge >= 0.3 is 0 Å². The highest BCUT2D eigenvalue weighted by atomic mass is 35.5. The van der Waals surface area contributed by atoms with Gasteiger partial charge in [0.15, 0.2) is 0 Å². The first-order valence-corrected chi connectivity index (χ1v) is 8.12. The molecule has 0 spiro atoms. The normalized spacial score (nSPS) is 20.0. The van der Waals surface area contributed by atoms with Crippen molar-refractivity contribution in [1.82, 2.24) is 5.32 Å². The zero-order valence-electron chi connectivity index (χ0n) is 13.2. The number of benzene rings is 2. The third kappa shape index (κ3) is 3.23. The summed E-state index contributed by atoms with van der Waals surface area (Å²) in [7, 11) is 0. The molecule has 2 aromatic rings. The van der Waals surface area contributed by atoms with Crippen LogP contribution in [0, 0.1) is 5.82 Å². The van der Waals surface area contributed by atoms with Gasteiger partial charge in [-0.2, -0.15) is 0 Å². The zero-order chi connectivity index (χ0) is 18.0. The molecule has 1 heterocycles. The molecule has 2 N–H and O–H groups in total. The van der Waals surface area contributed by atoms with Crippen LogP contribution in [0.2, 0.25) is 5.02 Å². The number of halogens is 2. The number of para-hydroxylation sites is 1. The Bertz CT molecular complexity index is 815. The molecule has 0 aromatic heterocycles. The van der Waals surface area contributed by atoms with E-state index in [0.717, 1.165) is 0 Å². The SMILES string of the molecule is O=C(NCc1cccc(Cl)c1F)[C@@]1(O)CCN(c2ccccc2)C1=O. The Hall–Kier alpha value is -2.44. The first-order valence-electron chi connectivity index (χ1n) is 7.74. The Morgan fingerprint density at radius 2 is 1.96 bits per heavy atom. The average molecular weight is 363 g/mol. The number of rotatable bonds is 4. The van der Waals surface area contributed by atoms with Crippen molar-refractivity contribution in [2.75, 3.05) is 11.4 Å². The van der Waals surface area contributed by atoms with Gasteiger partial charge in [0.1, 0.15) is 5.82 Å². The lowest BCUT2D eigenvalue weighted by atomic mass is 10.0. The molecule has 1 fully saturated rings. The topological polar surface area (TPSA) is 69.6 Å². The van der Waals surface area contributed by atoms with E-state index in [1.807, 2.05) is 6.07 Å². The van der Waals surface area contributed by atoms with E-state index < -0.39 is 23.2 Å². The summed E-state index contributed by atoms with van der Waals surface area (Å²) in [6, 6.07) is 13.2. The molecule has 0 aliphatic carbocycles. The Morgan fingerprint density at radius 1 is 1.24 bits per heavy atom. The molecule has 0 bridgehead atoms. The molecule has 1 saturated heterocycles. The van der Waals surface area contributed by atoms with Crippen LogP contribution in [-0.4, -0.2) is 29.1 Å². The molecule has 7 heteroatoms. The van der Waals surface area contributed by atoms with Crippen LogP contribution >= 0.6 is 11.6 Å². The molecule has 1 aliphatic rings. The number of carbonyl (C=O) groups is 2. The predicted octanol–water partition coefficient (Wildman–Crippen LogP) is 2.26. The fourth-order valence-electron chi connectivity index (χ4n) is 2.78. The summed E-state index contributed by atoms with van der Waals surface area (Å²) in [6.45, 7) is 0.0461. The number of amides is 2. The van der Waals surface area contributed by atoms with Crippen LogP contribution in [0.5, 0.6) is 0 Å². The van der Waals surface area contributed by atoms with Crippen LogP contribution < -0.4 is 10.2 Å². The van der Waals surface area contributed by atoms with Gasteiger partial charge in [0.2, 0.25) is 5.60 Å². The van der Waals surface area contributed by atoms with Crippen molar-refractivity contribution in [1.29, 1.82) is 0 Å². The van der Waals surface area contributed by atoms with Crippen LogP contribution in [-0.2, 0) is 16.1 Å². The minimum atomic E-state index is -2.16. The summed E-state index contributed by atoms with van der Waals surface area (Å²) in [6.07, 6.45) is -0.0371. The van der Waals surface area contributed by atoms with Gasteiger partial charge in [0.25, 0.3) is 11.8 Å². The van der Waals surface area contributed by atoms with Gasteiger partial charge < -0.3 is 15.3 Å². The lowest BCUT2D eigenvalue weighted by molar-refractivity contribution is -0.149. The molecule has 2 amide bonds. The van der Waals surface area contributed by atoms with Crippen molar-refractivity contribution in [3.8, 4) is 0 Å². The van der Waals surface area contributed by atoms with Gasteiger partial charge in [-0.3, -0.25) is 9.59 Å². The third-order valence-electron chi connectivity index (χ3n) is 4.21. The van der Waals surface area contributed by atoms with E-state index in [1.54, 1.807) is 30.3 Å². The molecule has 0 unspecified atom stereocenters. The second kappa shape index (κ2) is 6.82. The van der Waals surface area contributed by atoms with Crippen molar-refractivity contribution in [3.63, 3.8) is 0 Å². The lowest BCUT2D eigenvalue weighted by Gasteiger charge is -2.21. The van der Waals surface area contributed by atoms with Gasteiger partial charge in [-0.15, -0.1) is 0 Å². The molecule has 1 aliphatic heterocycles. The van der Waals surface area contributed by atoms with Gasteiger partial charge in [-0.1, -0.05) is 41.9 Å². The predicted molar refractivity (Wildman–Crippen MR) is 91.6 cm³/mol. The molecule has 0 radical (unpaired) electrons. The van der Waals surface area contributed by atoms with E-state index >= 15 is 0 Å². The van der Waals surface area contributed by atoms with Crippen molar-refractivity contribution < 1.29 is 19.1 Å². The maximum Gasteiger partial charge on any atom is 0.268 e. The number of hydrogen-bond acceptors (Lipinski definition) is 3. The average Bonchev–Trinajstić information content (AvgIpc) is 2.93. The lowest BCUT2D eigenvalue weighted by Crippen LogP contribution is -2.52. The third-order valence-corrected chi connectivity index (χ3v) is 4.50. The van der Waals surface area contributed by atoms with E-state index in [2.05, 4.69) is 5.32 Å². The summed E-state index contributed by atoms with van der Waals surface area (Å²) >= 11 is 5.70. The van der Waals surface area contributed by atoms with Crippen molar-refractivity contribution in [2.24, 2.45) is 0 Å². The highest BCUT2D eigenvalue weighted by molar-refractivity contribution is 6.30. The van der Waals surface area contributed by atoms with Crippen molar-refractivity contribution in [2.45, 2.75) is 18.6 Å². The highest BCUT2D eigenvalue weighted by Crippen LogP contribution is 2.28. The summed E-state index contributed by atoms with van der Waals surface area (Å²) in [5, 5.41) is 12.9. The molecule has 3 rings (SSSR count). The molecular weight excluding hydrogens is 347 g/mol. The Kier molecular flexibility index (Phi) is 4.74. The molecule has 5 nitrogen and oxygen atoms in total. The second-order valence-corrected chi connectivity index (χ2v) is 6.21. The molecule has 0 saturated carbocycles. The van der Waals surface area contributed by atoms with Crippen LogP contribution in [0.25, 0.3) is 0 Å². The number of nitrogens with zero attached hydrogens (tertiary/aromatic N) is 1. The smallest absolute Gasteiger partial charge is 0.268 e. The van der Waals surface area contributed by atoms with Gasteiger partial charge in [0.05, 0.1) is 5.02 Å². The Labute approximate surface area is 149 Å². The minimum absolute atomic E-state index is 0.0371. The van der Waals surface area contributed by atoms with Crippen LogP contribution in [0.1, 0.15) is 12.0 Å². The van der Waals surface area contributed by atoms with E-state index in [4.69, 9.17) is 11.6 Å². The summed E-state index contributed by atoms with van der Waals surface area (Å²) in [5.41, 5.74) is -1.38. The van der Waals surface area contributed by atoms with Gasteiger partial charge in [-0.05, 0) is 18.2 Å². The molecule has 130 valence electrons. The molecule has 25 heavy (non-hydrogen) atoms.